The molecule has 0 saturated carbocycles. The fraction of sp³-hybridized carbons (Fsp3) is 0.250. The fourth-order valence-electron chi connectivity index (χ4n) is 1.89. The molecular formula is C16H18N2O3. The Morgan fingerprint density at radius 3 is 2.67 bits per heavy atom. The molecule has 0 unspecified atom stereocenters. The van der Waals surface area contributed by atoms with Crippen LogP contribution in [0, 0.1) is 0 Å². The van der Waals surface area contributed by atoms with Gasteiger partial charge in [-0.3, -0.25) is 9.48 Å². The Bertz CT molecular complexity index is 659. The number of carbonyl (C=O) groups is 1. The van der Waals surface area contributed by atoms with E-state index in [9.17, 15) is 4.79 Å². The normalized spacial score (nSPS) is 10.8. The standard InChI is InChI=1S/C16H18N2O3/c1-4-18-11-13(10-17-18)14(19)7-5-12-6-8-15(20-2)16(9-12)21-3/h5-11H,4H2,1-3H3. The summed E-state index contributed by atoms with van der Waals surface area (Å²) in [6.07, 6.45) is 6.58. The van der Waals surface area contributed by atoms with E-state index in [0.29, 0.717) is 17.1 Å². The molecule has 2 rings (SSSR count). The molecule has 21 heavy (non-hydrogen) atoms. The first-order valence-electron chi connectivity index (χ1n) is 6.64. The van der Waals surface area contributed by atoms with Crippen molar-refractivity contribution in [2.75, 3.05) is 14.2 Å². The summed E-state index contributed by atoms with van der Waals surface area (Å²) in [7, 11) is 3.16. The van der Waals surface area contributed by atoms with Crippen LogP contribution in [-0.2, 0) is 6.54 Å². The second kappa shape index (κ2) is 6.74. The largest absolute Gasteiger partial charge is 0.493 e. The number of allylic oxidation sites excluding steroid dienone is 1. The van der Waals surface area contributed by atoms with Crippen LogP contribution in [0.15, 0.2) is 36.7 Å². The number of carbonyl (C=O) groups excluding carboxylic acids is 1. The van der Waals surface area contributed by atoms with Gasteiger partial charge in [-0.15, -0.1) is 0 Å². The average Bonchev–Trinajstić information content (AvgIpc) is 3.01. The van der Waals surface area contributed by atoms with Crippen LogP contribution < -0.4 is 9.47 Å². The van der Waals surface area contributed by atoms with E-state index in [1.165, 1.54) is 6.08 Å². The predicted octanol–water partition coefficient (Wildman–Crippen LogP) is 2.82. The number of nitrogens with zero attached hydrogens (tertiary/aromatic N) is 2. The summed E-state index contributed by atoms with van der Waals surface area (Å²) in [5, 5.41) is 4.09. The Morgan fingerprint density at radius 2 is 2.05 bits per heavy atom. The highest BCUT2D eigenvalue weighted by molar-refractivity contribution is 6.06. The van der Waals surface area contributed by atoms with Gasteiger partial charge in [0.05, 0.1) is 26.0 Å². The van der Waals surface area contributed by atoms with Gasteiger partial charge in [0.15, 0.2) is 17.3 Å². The predicted molar refractivity (Wildman–Crippen MR) is 80.8 cm³/mol. The maximum Gasteiger partial charge on any atom is 0.189 e. The molecule has 0 aliphatic rings. The molecular weight excluding hydrogens is 268 g/mol. The smallest absolute Gasteiger partial charge is 0.189 e. The van der Waals surface area contributed by atoms with Gasteiger partial charge in [0.1, 0.15) is 0 Å². The van der Waals surface area contributed by atoms with E-state index < -0.39 is 0 Å². The second-order valence-electron chi connectivity index (χ2n) is 4.40. The second-order valence-corrected chi connectivity index (χ2v) is 4.40. The van der Waals surface area contributed by atoms with E-state index in [4.69, 9.17) is 9.47 Å². The van der Waals surface area contributed by atoms with Crippen LogP contribution in [0.4, 0.5) is 0 Å². The third-order valence-electron chi connectivity index (χ3n) is 3.08. The number of hydrogen-bond donors (Lipinski definition) is 0. The molecule has 0 saturated heterocycles. The number of aromatic nitrogens is 2. The first kappa shape index (κ1) is 14.8. The molecule has 0 aliphatic carbocycles. The number of ketones is 1. The van der Waals surface area contributed by atoms with Crippen LogP contribution in [0.5, 0.6) is 11.5 Å². The van der Waals surface area contributed by atoms with E-state index in [1.54, 1.807) is 43.4 Å². The van der Waals surface area contributed by atoms with E-state index in [-0.39, 0.29) is 5.78 Å². The molecule has 1 aromatic carbocycles. The van der Waals surface area contributed by atoms with Gasteiger partial charge >= 0.3 is 0 Å². The quantitative estimate of drug-likeness (QED) is 0.605. The summed E-state index contributed by atoms with van der Waals surface area (Å²) >= 11 is 0. The van der Waals surface area contributed by atoms with Crippen molar-refractivity contribution in [1.82, 2.24) is 9.78 Å². The number of hydrogen-bond acceptors (Lipinski definition) is 4. The summed E-state index contributed by atoms with van der Waals surface area (Å²) in [5.74, 6) is 1.21. The minimum atomic E-state index is -0.0792. The Kier molecular flexibility index (Phi) is 4.77. The van der Waals surface area contributed by atoms with Crippen LogP contribution in [0.2, 0.25) is 0 Å². The van der Waals surface area contributed by atoms with Gasteiger partial charge in [0, 0.05) is 12.7 Å². The van der Waals surface area contributed by atoms with E-state index >= 15 is 0 Å². The summed E-state index contributed by atoms with van der Waals surface area (Å²) < 4.78 is 12.1. The minimum Gasteiger partial charge on any atom is -0.493 e. The van der Waals surface area contributed by atoms with Crippen molar-refractivity contribution < 1.29 is 14.3 Å². The lowest BCUT2D eigenvalue weighted by Crippen LogP contribution is -1.94. The molecule has 5 heteroatoms. The van der Waals surface area contributed by atoms with Gasteiger partial charge in [-0.1, -0.05) is 12.1 Å². The molecule has 0 spiro atoms. The van der Waals surface area contributed by atoms with Crippen molar-refractivity contribution in [3.05, 3.63) is 47.8 Å². The fourth-order valence-corrected chi connectivity index (χ4v) is 1.89. The van der Waals surface area contributed by atoms with Crippen molar-refractivity contribution in [2.24, 2.45) is 0 Å². The summed E-state index contributed by atoms with van der Waals surface area (Å²) in [4.78, 5) is 12.0. The lowest BCUT2D eigenvalue weighted by atomic mass is 10.1. The van der Waals surface area contributed by atoms with Gasteiger partial charge in [0.25, 0.3) is 0 Å². The molecule has 0 radical (unpaired) electrons. The molecule has 0 fully saturated rings. The number of rotatable bonds is 6. The number of ether oxygens (including phenoxy) is 2. The minimum absolute atomic E-state index is 0.0792. The Balaban J connectivity index is 2.15. The Labute approximate surface area is 123 Å². The zero-order valence-corrected chi connectivity index (χ0v) is 12.4. The lowest BCUT2D eigenvalue weighted by molar-refractivity contribution is 0.104. The van der Waals surface area contributed by atoms with Crippen LogP contribution >= 0.6 is 0 Å². The van der Waals surface area contributed by atoms with Gasteiger partial charge in [-0.25, -0.2) is 0 Å². The van der Waals surface area contributed by atoms with Gasteiger partial charge in [0.2, 0.25) is 0 Å². The van der Waals surface area contributed by atoms with Crippen LogP contribution in [-0.4, -0.2) is 29.8 Å². The SMILES string of the molecule is CCn1cc(C(=O)C=Cc2ccc(OC)c(OC)c2)cn1. The van der Waals surface area contributed by atoms with Gasteiger partial charge in [-0.2, -0.15) is 5.10 Å². The van der Waals surface area contributed by atoms with Crippen LogP contribution in [0.1, 0.15) is 22.8 Å². The molecule has 2 aromatic rings. The Hall–Kier alpha value is -2.56. The molecule has 0 aliphatic heterocycles. The molecule has 110 valence electrons. The van der Waals surface area contributed by atoms with Crippen LogP contribution in [0.25, 0.3) is 6.08 Å². The number of benzene rings is 1. The maximum atomic E-state index is 12.0. The van der Waals surface area contributed by atoms with E-state index in [1.807, 2.05) is 19.1 Å². The van der Waals surface area contributed by atoms with Crippen molar-refractivity contribution in [1.29, 1.82) is 0 Å². The monoisotopic (exact) mass is 286 g/mol. The third-order valence-corrected chi connectivity index (χ3v) is 3.08. The summed E-state index contributed by atoms with van der Waals surface area (Å²) in [6.45, 7) is 2.72. The Morgan fingerprint density at radius 1 is 1.29 bits per heavy atom. The third kappa shape index (κ3) is 3.51. The van der Waals surface area contributed by atoms with Crippen molar-refractivity contribution >= 4 is 11.9 Å². The average molecular weight is 286 g/mol. The molecule has 1 heterocycles. The molecule has 1 aromatic heterocycles. The van der Waals surface area contributed by atoms with Gasteiger partial charge < -0.3 is 9.47 Å². The summed E-state index contributed by atoms with van der Waals surface area (Å²) in [5.41, 5.74) is 1.44. The number of aryl methyl sites for hydroxylation is 1. The molecule has 0 amide bonds. The zero-order chi connectivity index (χ0) is 15.2. The van der Waals surface area contributed by atoms with Crippen molar-refractivity contribution in [3.8, 4) is 11.5 Å². The zero-order valence-electron chi connectivity index (χ0n) is 12.4. The van der Waals surface area contributed by atoms with Crippen molar-refractivity contribution in [2.45, 2.75) is 13.5 Å². The van der Waals surface area contributed by atoms with Gasteiger partial charge in [-0.05, 0) is 30.7 Å². The highest BCUT2D eigenvalue weighted by Gasteiger charge is 2.06. The molecule has 0 bridgehead atoms. The molecule has 0 atom stereocenters. The molecule has 5 nitrogen and oxygen atoms in total. The summed E-state index contributed by atoms with van der Waals surface area (Å²) in [6, 6.07) is 5.48. The number of methoxy groups -OCH3 is 2. The van der Waals surface area contributed by atoms with E-state index in [0.717, 1.165) is 12.1 Å². The topological polar surface area (TPSA) is 53.4 Å². The highest BCUT2D eigenvalue weighted by atomic mass is 16.5. The lowest BCUT2D eigenvalue weighted by Gasteiger charge is -2.07. The first-order valence-corrected chi connectivity index (χ1v) is 6.64. The van der Waals surface area contributed by atoms with Crippen LogP contribution in [0.3, 0.4) is 0 Å². The van der Waals surface area contributed by atoms with Crippen molar-refractivity contribution in [3.63, 3.8) is 0 Å². The molecule has 0 N–H and O–H groups in total. The maximum absolute atomic E-state index is 12.0. The van der Waals surface area contributed by atoms with E-state index in [2.05, 4.69) is 5.10 Å². The highest BCUT2D eigenvalue weighted by Crippen LogP contribution is 2.27. The first-order chi connectivity index (χ1) is 10.2.